The third-order valence-electron chi connectivity index (χ3n) is 11.4. The van der Waals surface area contributed by atoms with Crippen LogP contribution < -0.4 is 20.7 Å². The van der Waals surface area contributed by atoms with Crippen molar-refractivity contribution < 1.29 is 33.1 Å². The van der Waals surface area contributed by atoms with Gasteiger partial charge in [0, 0.05) is 36.9 Å². The Morgan fingerprint density at radius 2 is 0.967 bits per heavy atom. The third kappa shape index (κ3) is 11.2. The summed E-state index contributed by atoms with van der Waals surface area (Å²) in [6, 6.07) is 18.8. The zero-order valence-corrected chi connectivity index (χ0v) is 35.6. The van der Waals surface area contributed by atoms with Gasteiger partial charge in [-0.25, -0.2) is 9.59 Å². The smallest absolute Gasteiger partial charge is 0.477 e. The Kier molecular flexibility index (Phi) is 14.4. The number of unbranched alkanes of at least 4 members (excludes halogenated alkanes) is 4. The van der Waals surface area contributed by atoms with E-state index in [2.05, 4.69) is 37.7 Å². The van der Waals surface area contributed by atoms with E-state index in [4.69, 9.17) is 28.0 Å². The van der Waals surface area contributed by atoms with Crippen molar-refractivity contribution in [1.82, 2.24) is 9.97 Å². The Labute approximate surface area is 350 Å². The van der Waals surface area contributed by atoms with Crippen molar-refractivity contribution in [2.24, 2.45) is 0 Å². The summed E-state index contributed by atoms with van der Waals surface area (Å²) < 4.78 is 23.0. The van der Waals surface area contributed by atoms with Gasteiger partial charge in [0.2, 0.25) is 0 Å². The topological polar surface area (TPSA) is 143 Å². The van der Waals surface area contributed by atoms with Crippen LogP contribution >= 0.6 is 0 Å². The zero-order valence-electron chi connectivity index (χ0n) is 35.6. The Balaban J connectivity index is 0.911. The molecule has 4 aromatic heterocycles. The Bertz CT molecular complexity index is 2320. The van der Waals surface area contributed by atoms with Crippen LogP contribution in [0.2, 0.25) is 0 Å². The van der Waals surface area contributed by atoms with Gasteiger partial charge in [0.25, 0.3) is 0 Å². The Hall–Kier alpha value is -6.04. The summed E-state index contributed by atoms with van der Waals surface area (Å²) in [5, 5.41) is 1.81. The van der Waals surface area contributed by atoms with Crippen LogP contribution in [0, 0.1) is 4.91 Å². The van der Waals surface area contributed by atoms with Gasteiger partial charge in [0.05, 0.1) is 25.0 Å². The normalized spacial score (nSPS) is 11.8. The van der Waals surface area contributed by atoms with Crippen LogP contribution in [0.3, 0.4) is 0 Å². The minimum absolute atomic E-state index is 0.226. The summed E-state index contributed by atoms with van der Waals surface area (Å²) >= 11 is 0. The first-order chi connectivity index (χ1) is 28.9. The van der Waals surface area contributed by atoms with Gasteiger partial charge in [-0.05, 0) is 144 Å². The molecule has 12 nitrogen and oxygen atoms in total. The van der Waals surface area contributed by atoms with Crippen molar-refractivity contribution in [2.75, 3.05) is 27.4 Å². The SMILES string of the molecule is COc1cc(C(C)(C)CCCCCO[N+](=O)OCCCCCC(C)(C)c2cc(OC)c3c(Cc4ccncc4)cc(=O)oc3c2)cc2oc(=O)cc(Cc3ccncc3)c12. The van der Waals surface area contributed by atoms with E-state index < -0.39 is 11.3 Å². The molecule has 6 aromatic rings. The maximum absolute atomic E-state index is 12.6. The number of methoxy groups -OCH3 is 2. The molecule has 0 saturated heterocycles. The second-order valence-electron chi connectivity index (χ2n) is 16.6. The maximum atomic E-state index is 12.6. The molecule has 0 radical (unpaired) electrons. The number of rotatable bonds is 22. The molecule has 0 fully saturated rings. The fourth-order valence-electron chi connectivity index (χ4n) is 7.80. The molecule has 2 aromatic carbocycles. The molecule has 0 spiro atoms. The second kappa shape index (κ2) is 19.8. The molecule has 0 aliphatic rings. The molecule has 60 heavy (non-hydrogen) atoms. The van der Waals surface area contributed by atoms with Gasteiger partial charge in [-0.15, -0.1) is 0 Å². The standard InChI is InChI=1S/C48H56N3O9/c1-47(2,37-29-39(55-5)45-35(25-33-13-19-49-20-14-33)27-43(52)59-41(45)31-37)17-9-7-11-23-57-51(54)58-24-12-8-10-18-48(3,4)38-30-40(56-6)46-36(26-34-15-21-50-22-16-34)28-44(53)60-42(46)32-38/h13-16,19-22,27-32H,7-12,17-18,23-26H2,1-6H3/q+1. The van der Waals surface area contributed by atoms with Crippen LogP contribution in [0.1, 0.15) is 112 Å². The summed E-state index contributed by atoms with van der Waals surface area (Å²) in [6.07, 6.45) is 14.8. The van der Waals surface area contributed by atoms with Gasteiger partial charge in [-0.2, -0.15) is 9.68 Å². The van der Waals surface area contributed by atoms with E-state index in [1.807, 2.05) is 48.5 Å². The quantitative estimate of drug-likeness (QED) is 0.0367. The van der Waals surface area contributed by atoms with Crippen LogP contribution in [0.25, 0.3) is 21.9 Å². The van der Waals surface area contributed by atoms with Gasteiger partial charge in [-0.1, -0.05) is 40.5 Å². The molecule has 0 bridgehead atoms. The highest BCUT2D eigenvalue weighted by Crippen LogP contribution is 2.39. The minimum atomic E-state index is -0.398. The first-order valence-electron chi connectivity index (χ1n) is 20.7. The van der Waals surface area contributed by atoms with Gasteiger partial charge in [-0.3, -0.25) is 9.97 Å². The average Bonchev–Trinajstić information content (AvgIpc) is 3.22. The first kappa shape index (κ1) is 43.5. The number of hydrogen-bond donors (Lipinski definition) is 0. The summed E-state index contributed by atoms with van der Waals surface area (Å²) in [4.78, 5) is 56.1. The van der Waals surface area contributed by atoms with E-state index >= 15 is 0 Å². The number of nitrogens with zero attached hydrogens (tertiary/aromatic N) is 3. The van der Waals surface area contributed by atoms with E-state index in [1.165, 1.54) is 12.1 Å². The van der Waals surface area contributed by atoms with E-state index in [-0.39, 0.29) is 29.1 Å². The highest BCUT2D eigenvalue weighted by Gasteiger charge is 2.26. The van der Waals surface area contributed by atoms with Gasteiger partial charge < -0.3 is 18.3 Å². The van der Waals surface area contributed by atoms with E-state index in [1.54, 1.807) is 39.0 Å². The molecule has 0 N–H and O–H groups in total. The molecule has 6 rings (SSSR count). The lowest BCUT2D eigenvalue weighted by atomic mass is 9.79. The lowest BCUT2D eigenvalue weighted by molar-refractivity contribution is -0.981. The maximum Gasteiger partial charge on any atom is 0.477 e. The number of ether oxygens (including phenoxy) is 2. The van der Waals surface area contributed by atoms with Gasteiger partial charge >= 0.3 is 16.3 Å². The van der Waals surface area contributed by atoms with Gasteiger partial charge in [0.1, 0.15) is 27.6 Å². The molecule has 0 aliphatic carbocycles. The van der Waals surface area contributed by atoms with Crippen molar-refractivity contribution in [3.8, 4) is 11.5 Å². The van der Waals surface area contributed by atoms with Crippen molar-refractivity contribution in [3.63, 3.8) is 0 Å². The lowest BCUT2D eigenvalue weighted by Crippen LogP contribution is -2.18. The zero-order chi connectivity index (χ0) is 42.7. The minimum Gasteiger partial charge on any atom is -0.496 e. The first-order valence-corrected chi connectivity index (χ1v) is 20.7. The fraction of sp³-hybridized carbons (Fsp3) is 0.417. The lowest BCUT2D eigenvalue weighted by Gasteiger charge is -2.26. The highest BCUT2D eigenvalue weighted by atomic mass is 17.0. The van der Waals surface area contributed by atoms with Crippen LogP contribution in [-0.4, -0.2) is 42.5 Å². The summed E-state index contributed by atoms with van der Waals surface area (Å²) in [5.41, 5.74) is 5.57. The summed E-state index contributed by atoms with van der Waals surface area (Å²) in [6.45, 7) is 9.18. The Morgan fingerprint density at radius 3 is 1.35 bits per heavy atom. The van der Waals surface area contributed by atoms with Crippen molar-refractivity contribution in [1.29, 1.82) is 0 Å². The predicted molar refractivity (Wildman–Crippen MR) is 231 cm³/mol. The number of benzene rings is 2. The number of pyridine rings is 2. The highest BCUT2D eigenvalue weighted by molar-refractivity contribution is 5.89. The summed E-state index contributed by atoms with van der Waals surface area (Å²) in [5.74, 6) is 1.34. The van der Waals surface area contributed by atoms with Crippen molar-refractivity contribution in [3.05, 3.63) is 145 Å². The van der Waals surface area contributed by atoms with Crippen molar-refractivity contribution in [2.45, 2.75) is 103 Å². The van der Waals surface area contributed by atoms with E-state index in [0.29, 0.717) is 48.3 Å². The molecule has 0 atom stereocenters. The van der Waals surface area contributed by atoms with E-state index in [9.17, 15) is 14.5 Å². The predicted octanol–water partition coefficient (Wildman–Crippen LogP) is 9.91. The fourth-order valence-corrected chi connectivity index (χ4v) is 7.80. The summed E-state index contributed by atoms with van der Waals surface area (Å²) in [7, 11) is 3.27. The molecule has 0 amide bonds. The molecular formula is C48H56N3O9+. The van der Waals surface area contributed by atoms with Crippen LogP contribution in [0.15, 0.2) is 104 Å². The van der Waals surface area contributed by atoms with Crippen LogP contribution in [-0.2, 0) is 33.3 Å². The second-order valence-corrected chi connectivity index (χ2v) is 16.6. The molecule has 4 heterocycles. The molecule has 316 valence electrons. The van der Waals surface area contributed by atoms with Gasteiger partial charge in [0.15, 0.2) is 13.2 Å². The molecular weight excluding hydrogens is 763 g/mol. The van der Waals surface area contributed by atoms with Crippen LogP contribution in [0.4, 0.5) is 0 Å². The molecule has 0 aliphatic heterocycles. The number of aromatic nitrogens is 2. The van der Waals surface area contributed by atoms with Crippen molar-refractivity contribution >= 4 is 21.9 Å². The third-order valence-corrected chi connectivity index (χ3v) is 11.4. The largest absolute Gasteiger partial charge is 0.496 e. The molecule has 0 unspecified atom stereocenters. The monoisotopic (exact) mass is 818 g/mol. The Morgan fingerprint density at radius 1 is 0.567 bits per heavy atom. The van der Waals surface area contributed by atoms with E-state index in [0.717, 1.165) is 82.7 Å². The average molecular weight is 819 g/mol. The molecule has 12 heteroatoms. The number of fused-ring (bicyclic) bond motifs is 2. The number of hydrogen-bond acceptors (Lipinski definition) is 11. The van der Waals surface area contributed by atoms with Crippen LogP contribution in [0.5, 0.6) is 11.5 Å². The molecule has 0 saturated carbocycles.